The van der Waals surface area contributed by atoms with Gasteiger partial charge in [-0.25, -0.2) is 9.97 Å². The number of alkyl halides is 3. The SMILES string of the molecule is CCc1cc(C2CCN(CC(C)(C)O)CC2)ccc1Nc1ncc(C(F)(F)F)c(CCc2cccc3c2C(C)(C)C(=O)N3)n1. The lowest BCUT2D eigenvalue weighted by Gasteiger charge is -2.35. The zero-order chi connectivity index (χ0) is 31.9. The summed E-state index contributed by atoms with van der Waals surface area (Å²) in [7, 11) is 0. The first-order valence-corrected chi connectivity index (χ1v) is 15.4. The van der Waals surface area contributed by atoms with E-state index in [1.165, 1.54) is 5.56 Å². The van der Waals surface area contributed by atoms with Gasteiger partial charge in [-0.1, -0.05) is 31.2 Å². The van der Waals surface area contributed by atoms with Crippen molar-refractivity contribution >= 4 is 23.2 Å². The number of piperidine rings is 1. The normalized spacial score (nSPS) is 17.4. The lowest BCUT2D eigenvalue weighted by Crippen LogP contribution is -2.42. The lowest BCUT2D eigenvalue weighted by molar-refractivity contribution is -0.138. The molecule has 2 aromatic carbocycles. The number of aryl methyl sites for hydroxylation is 3. The van der Waals surface area contributed by atoms with E-state index in [1.54, 1.807) is 0 Å². The number of fused-ring (bicyclic) bond motifs is 1. The molecule has 10 heteroatoms. The van der Waals surface area contributed by atoms with Crippen LogP contribution in [0.25, 0.3) is 0 Å². The van der Waals surface area contributed by atoms with Gasteiger partial charge in [0.05, 0.1) is 22.3 Å². The Labute approximate surface area is 257 Å². The second-order valence-corrected chi connectivity index (χ2v) is 13.2. The second-order valence-electron chi connectivity index (χ2n) is 13.2. The number of carbonyl (C=O) groups is 1. The highest BCUT2D eigenvalue weighted by atomic mass is 19.4. The highest BCUT2D eigenvalue weighted by molar-refractivity contribution is 6.06. The van der Waals surface area contributed by atoms with Crippen molar-refractivity contribution < 1.29 is 23.1 Å². The van der Waals surface area contributed by atoms with E-state index in [9.17, 15) is 23.1 Å². The van der Waals surface area contributed by atoms with Gasteiger partial charge in [-0.05, 0) is 113 Å². The fourth-order valence-electron chi connectivity index (χ4n) is 6.57. The molecule has 3 N–H and O–H groups in total. The number of rotatable bonds is 9. The maximum atomic E-state index is 14.0. The van der Waals surface area contributed by atoms with Crippen molar-refractivity contribution in [2.24, 2.45) is 0 Å². The zero-order valence-corrected chi connectivity index (χ0v) is 26.1. The summed E-state index contributed by atoms with van der Waals surface area (Å²) >= 11 is 0. The maximum Gasteiger partial charge on any atom is 0.419 e. The Morgan fingerprint density at radius 2 is 1.82 bits per heavy atom. The largest absolute Gasteiger partial charge is 0.419 e. The Hall–Kier alpha value is -3.50. The molecule has 0 bridgehead atoms. The molecule has 0 spiro atoms. The van der Waals surface area contributed by atoms with E-state index in [4.69, 9.17) is 0 Å². The molecule has 2 aliphatic rings. The summed E-state index contributed by atoms with van der Waals surface area (Å²) in [5, 5.41) is 16.2. The molecule has 1 aromatic heterocycles. The van der Waals surface area contributed by atoms with Crippen molar-refractivity contribution in [3.8, 4) is 0 Å². The Morgan fingerprint density at radius 1 is 1.09 bits per heavy atom. The van der Waals surface area contributed by atoms with Crippen molar-refractivity contribution in [1.82, 2.24) is 14.9 Å². The smallest absolute Gasteiger partial charge is 0.389 e. The summed E-state index contributed by atoms with van der Waals surface area (Å²) in [6.07, 6.45) is -0.655. The van der Waals surface area contributed by atoms with Crippen LogP contribution >= 0.6 is 0 Å². The highest BCUT2D eigenvalue weighted by Gasteiger charge is 2.40. The molecule has 7 nitrogen and oxygen atoms in total. The molecule has 0 aliphatic carbocycles. The third-order valence-electron chi connectivity index (χ3n) is 8.82. The van der Waals surface area contributed by atoms with Crippen LogP contribution in [0, 0.1) is 0 Å². The molecule has 5 rings (SSSR count). The topological polar surface area (TPSA) is 90.4 Å². The summed E-state index contributed by atoms with van der Waals surface area (Å²) < 4.78 is 42.0. The number of aromatic nitrogens is 2. The number of halogens is 3. The van der Waals surface area contributed by atoms with Crippen molar-refractivity contribution in [2.75, 3.05) is 30.3 Å². The number of nitrogens with one attached hydrogen (secondary N) is 2. The van der Waals surface area contributed by atoms with Gasteiger partial charge in [0.1, 0.15) is 0 Å². The fourth-order valence-corrected chi connectivity index (χ4v) is 6.57. The van der Waals surface area contributed by atoms with E-state index in [1.807, 2.05) is 52.0 Å². The van der Waals surface area contributed by atoms with Crippen molar-refractivity contribution in [2.45, 2.75) is 89.8 Å². The number of amides is 1. The number of benzene rings is 2. The molecule has 44 heavy (non-hydrogen) atoms. The van der Waals surface area contributed by atoms with Gasteiger partial charge < -0.3 is 20.6 Å². The van der Waals surface area contributed by atoms with E-state index in [0.29, 0.717) is 24.6 Å². The van der Waals surface area contributed by atoms with Gasteiger partial charge in [-0.15, -0.1) is 0 Å². The monoisotopic (exact) mass is 609 g/mol. The van der Waals surface area contributed by atoms with E-state index >= 15 is 0 Å². The molecule has 1 saturated heterocycles. The van der Waals surface area contributed by atoms with Crippen LogP contribution in [0.3, 0.4) is 0 Å². The number of β-amino-alcohol motifs (C(OH)–C–C–N with tert-alkyl or cyclic N) is 1. The van der Waals surface area contributed by atoms with E-state index in [0.717, 1.165) is 60.9 Å². The molecule has 3 heterocycles. The number of aliphatic hydroxyl groups is 1. The molecule has 0 atom stereocenters. The van der Waals surface area contributed by atoms with Crippen LogP contribution in [0.2, 0.25) is 0 Å². The van der Waals surface area contributed by atoms with Gasteiger partial charge in [0.25, 0.3) is 0 Å². The van der Waals surface area contributed by atoms with Crippen LogP contribution in [0.1, 0.15) is 86.9 Å². The minimum atomic E-state index is -4.60. The predicted molar refractivity (Wildman–Crippen MR) is 166 cm³/mol. The summed E-state index contributed by atoms with van der Waals surface area (Å²) in [4.78, 5) is 23.2. The molecule has 0 radical (unpaired) electrons. The Balaban J connectivity index is 1.34. The number of likely N-dealkylation sites (tertiary alicyclic amines) is 1. The van der Waals surface area contributed by atoms with E-state index in [-0.39, 0.29) is 24.0 Å². The summed E-state index contributed by atoms with van der Waals surface area (Å²) in [6, 6.07) is 11.7. The van der Waals surface area contributed by atoms with Crippen LogP contribution < -0.4 is 10.6 Å². The molecule has 1 fully saturated rings. The minimum absolute atomic E-state index is 0.0402. The number of anilines is 3. The first-order valence-electron chi connectivity index (χ1n) is 15.4. The van der Waals surface area contributed by atoms with Crippen LogP contribution in [-0.2, 0) is 35.6 Å². The third kappa shape index (κ3) is 6.91. The average Bonchev–Trinajstić information content (AvgIpc) is 3.19. The number of hydrogen-bond donors (Lipinski definition) is 3. The summed E-state index contributed by atoms with van der Waals surface area (Å²) in [6.45, 7) is 11.9. The van der Waals surface area contributed by atoms with Crippen LogP contribution in [-0.4, -0.2) is 51.1 Å². The van der Waals surface area contributed by atoms with Crippen LogP contribution in [0.15, 0.2) is 42.6 Å². The first kappa shape index (κ1) is 31.9. The van der Waals surface area contributed by atoms with Gasteiger partial charge >= 0.3 is 6.18 Å². The molecular formula is C34H42F3N5O2. The second kappa shape index (κ2) is 12.1. The summed E-state index contributed by atoms with van der Waals surface area (Å²) in [5.41, 5.74) is 2.98. The summed E-state index contributed by atoms with van der Waals surface area (Å²) in [5.74, 6) is 0.403. The van der Waals surface area contributed by atoms with Crippen molar-refractivity contribution in [1.29, 1.82) is 0 Å². The standard InChI is InChI=1S/C34H42F3N5O2/c1-6-21-18-24(22-14-16-42(17-15-22)20-32(2,3)44)11-12-26(21)40-31-38-19-25(34(35,36)37)27(41-31)13-10-23-8-7-9-28-29(23)33(4,5)30(43)39-28/h7-9,11-12,18-19,22,44H,6,10,13-17,20H2,1-5H3,(H,39,43)(H,38,40,41). The van der Waals surface area contributed by atoms with Gasteiger partial charge in [0.15, 0.2) is 0 Å². The quantitative estimate of drug-likeness (QED) is 0.248. The van der Waals surface area contributed by atoms with Crippen molar-refractivity contribution in [3.05, 3.63) is 76.1 Å². The molecule has 0 unspecified atom stereocenters. The Morgan fingerprint density at radius 3 is 2.48 bits per heavy atom. The highest BCUT2D eigenvalue weighted by Crippen LogP contribution is 2.40. The number of hydrogen-bond acceptors (Lipinski definition) is 6. The van der Waals surface area contributed by atoms with Crippen LogP contribution in [0.4, 0.5) is 30.5 Å². The maximum absolute atomic E-state index is 14.0. The molecule has 0 saturated carbocycles. The van der Waals surface area contributed by atoms with Gasteiger partial charge in [0.2, 0.25) is 11.9 Å². The third-order valence-corrected chi connectivity index (χ3v) is 8.82. The van der Waals surface area contributed by atoms with E-state index < -0.39 is 22.8 Å². The van der Waals surface area contributed by atoms with E-state index in [2.05, 4.69) is 44.6 Å². The molecule has 2 aliphatic heterocycles. The first-order chi connectivity index (χ1) is 20.7. The predicted octanol–water partition coefficient (Wildman–Crippen LogP) is 6.77. The average molecular weight is 610 g/mol. The van der Waals surface area contributed by atoms with Gasteiger partial charge in [0, 0.05) is 24.1 Å². The Bertz CT molecular complexity index is 1520. The van der Waals surface area contributed by atoms with Gasteiger partial charge in [-0.2, -0.15) is 13.2 Å². The Kier molecular flexibility index (Phi) is 8.79. The molecule has 3 aromatic rings. The van der Waals surface area contributed by atoms with Crippen molar-refractivity contribution in [3.63, 3.8) is 0 Å². The van der Waals surface area contributed by atoms with Crippen LogP contribution in [0.5, 0.6) is 0 Å². The number of carbonyl (C=O) groups excluding carboxylic acids is 1. The lowest BCUT2D eigenvalue weighted by atomic mass is 9.82. The molecular weight excluding hydrogens is 567 g/mol. The number of nitrogens with zero attached hydrogens (tertiary/aromatic N) is 3. The minimum Gasteiger partial charge on any atom is -0.389 e. The zero-order valence-electron chi connectivity index (χ0n) is 26.1. The molecule has 236 valence electrons. The van der Waals surface area contributed by atoms with Gasteiger partial charge in [-0.3, -0.25) is 4.79 Å². The molecule has 1 amide bonds. The fraction of sp³-hybridized carbons (Fsp3) is 0.500.